The fraction of sp³-hybridized carbons (Fsp3) is 0.500. The van der Waals surface area contributed by atoms with Crippen molar-refractivity contribution in [2.45, 2.75) is 38.8 Å². The molecule has 1 N–H and O–H groups in total. The Balaban J connectivity index is 1.98. The molecule has 0 saturated heterocycles. The highest BCUT2D eigenvalue weighted by molar-refractivity contribution is 5.44. The van der Waals surface area contributed by atoms with E-state index < -0.39 is 0 Å². The smallest absolute Gasteiger partial charge is 0.161 e. The van der Waals surface area contributed by atoms with E-state index in [-0.39, 0.29) is 0 Å². The summed E-state index contributed by atoms with van der Waals surface area (Å²) >= 11 is 0. The number of allylic oxidation sites excluding steroid dienone is 1. The number of rotatable bonds is 6. The molecular weight excluding hydrogens is 238 g/mol. The lowest BCUT2D eigenvalue weighted by atomic mass is 10.1. The normalized spacial score (nSPS) is 16.7. The molecule has 0 amide bonds. The summed E-state index contributed by atoms with van der Waals surface area (Å²) in [5, 5.41) is 3.59. The summed E-state index contributed by atoms with van der Waals surface area (Å²) in [6.45, 7) is 9.41. The van der Waals surface area contributed by atoms with Gasteiger partial charge in [-0.05, 0) is 44.4 Å². The van der Waals surface area contributed by atoms with Crippen LogP contribution in [0.3, 0.4) is 0 Å². The molecule has 2 rings (SSSR count). The molecule has 0 fully saturated rings. The van der Waals surface area contributed by atoms with E-state index >= 15 is 0 Å². The maximum Gasteiger partial charge on any atom is 0.161 e. The minimum absolute atomic E-state index is 0.302. The first-order valence-corrected chi connectivity index (χ1v) is 6.97. The Kier molecular flexibility index (Phi) is 4.86. The van der Waals surface area contributed by atoms with Gasteiger partial charge in [0, 0.05) is 12.1 Å². The summed E-state index contributed by atoms with van der Waals surface area (Å²) in [7, 11) is 0. The maximum absolute atomic E-state index is 5.62. The van der Waals surface area contributed by atoms with Gasteiger partial charge in [-0.2, -0.15) is 0 Å². The molecular formula is C16H23NO2. The molecule has 0 aromatic heterocycles. The molecule has 1 aliphatic rings. The van der Waals surface area contributed by atoms with Gasteiger partial charge in [0.1, 0.15) is 13.2 Å². The quantitative estimate of drug-likeness (QED) is 0.795. The van der Waals surface area contributed by atoms with Crippen LogP contribution in [0.1, 0.15) is 38.3 Å². The first-order valence-electron chi connectivity index (χ1n) is 6.97. The first kappa shape index (κ1) is 13.9. The van der Waals surface area contributed by atoms with Crippen molar-refractivity contribution in [3.8, 4) is 11.5 Å². The molecule has 2 atom stereocenters. The minimum atomic E-state index is 0.302. The van der Waals surface area contributed by atoms with Crippen LogP contribution in [-0.2, 0) is 0 Å². The number of hydrogen-bond donors (Lipinski definition) is 1. The Morgan fingerprint density at radius 2 is 2.00 bits per heavy atom. The Morgan fingerprint density at radius 1 is 1.26 bits per heavy atom. The van der Waals surface area contributed by atoms with Crippen molar-refractivity contribution in [3.63, 3.8) is 0 Å². The van der Waals surface area contributed by atoms with Gasteiger partial charge in [0.15, 0.2) is 11.5 Å². The topological polar surface area (TPSA) is 30.5 Å². The van der Waals surface area contributed by atoms with Gasteiger partial charge >= 0.3 is 0 Å². The average Bonchev–Trinajstić information content (AvgIpc) is 2.44. The average molecular weight is 261 g/mol. The van der Waals surface area contributed by atoms with E-state index in [9.17, 15) is 0 Å². The zero-order valence-electron chi connectivity index (χ0n) is 11.8. The van der Waals surface area contributed by atoms with Crippen LogP contribution in [0.2, 0.25) is 0 Å². The van der Waals surface area contributed by atoms with E-state index in [0.717, 1.165) is 24.3 Å². The van der Waals surface area contributed by atoms with Crippen molar-refractivity contribution in [2.75, 3.05) is 13.2 Å². The van der Waals surface area contributed by atoms with E-state index in [1.165, 1.54) is 5.56 Å². The molecule has 2 unspecified atom stereocenters. The van der Waals surface area contributed by atoms with Gasteiger partial charge < -0.3 is 14.8 Å². The maximum atomic E-state index is 5.62. The van der Waals surface area contributed by atoms with Crippen LogP contribution < -0.4 is 14.8 Å². The van der Waals surface area contributed by atoms with Crippen molar-refractivity contribution in [2.24, 2.45) is 0 Å². The highest BCUT2D eigenvalue weighted by Gasteiger charge is 2.15. The van der Waals surface area contributed by atoms with Gasteiger partial charge in [-0.1, -0.05) is 12.1 Å². The molecule has 1 aromatic rings. The SMILES string of the molecule is C=CCCC(C)NC(C)c1ccc2c(c1)OCCO2. The van der Waals surface area contributed by atoms with Gasteiger partial charge in [0.25, 0.3) is 0 Å². The number of nitrogens with one attached hydrogen (secondary N) is 1. The first-order chi connectivity index (χ1) is 9.20. The summed E-state index contributed by atoms with van der Waals surface area (Å²) in [5.74, 6) is 1.71. The van der Waals surface area contributed by atoms with Gasteiger partial charge in [0.2, 0.25) is 0 Å². The highest BCUT2D eigenvalue weighted by Crippen LogP contribution is 2.32. The van der Waals surface area contributed by atoms with E-state index in [0.29, 0.717) is 25.3 Å². The molecule has 1 heterocycles. The lowest BCUT2D eigenvalue weighted by molar-refractivity contribution is 0.171. The fourth-order valence-electron chi connectivity index (χ4n) is 2.30. The Hall–Kier alpha value is -1.48. The Bertz CT molecular complexity index is 431. The third kappa shape index (κ3) is 3.74. The monoisotopic (exact) mass is 261 g/mol. The second kappa shape index (κ2) is 6.62. The zero-order chi connectivity index (χ0) is 13.7. The van der Waals surface area contributed by atoms with Gasteiger partial charge in [-0.15, -0.1) is 6.58 Å². The molecule has 3 heteroatoms. The zero-order valence-corrected chi connectivity index (χ0v) is 11.8. The van der Waals surface area contributed by atoms with Gasteiger partial charge in [-0.3, -0.25) is 0 Å². The van der Waals surface area contributed by atoms with Crippen LogP contribution in [0, 0.1) is 0 Å². The molecule has 3 nitrogen and oxygen atoms in total. The van der Waals surface area contributed by atoms with Gasteiger partial charge in [-0.25, -0.2) is 0 Å². The summed E-state index contributed by atoms with van der Waals surface area (Å²) in [6, 6.07) is 6.95. The minimum Gasteiger partial charge on any atom is -0.486 e. The second-order valence-corrected chi connectivity index (χ2v) is 5.06. The number of ether oxygens (including phenoxy) is 2. The summed E-state index contributed by atoms with van der Waals surface area (Å²) in [4.78, 5) is 0. The molecule has 1 aliphatic heterocycles. The molecule has 0 saturated carbocycles. The molecule has 1 aromatic carbocycles. The van der Waals surface area contributed by atoms with E-state index in [4.69, 9.17) is 9.47 Å². The fourth-order valence-corrected chi connectivity index (χ4v) is 2.30. The Labute approximate surface area is 115 Å². The van der Waals surface area contributed by atoms with E-state index in [1.807, 2.05) is 12.1 Å². The standard InChI is InChI=1S/C16H23NO2/c1-4-5-6-12(2)17-13(3)14-7-8-15-16(11-14)19-10-9-18-15/h4,7-8,11-13,17H,1,5-6,9-10H2,2-3H3. The third-order valence-electron chi connectivity index (χ3n) is 3.40. The summed E-state index contributed by atoms with van der Waals surface area (Å²) in [6.07, 6.45) is 4.12. The Morgan fingerprint density at radius 3 is 2.74 bits per heavy atom. The molecule has 104 valence electrons. The van der Waals surface area contributed by atoms with Crippen LogP contribution >= 0.6 is 0 Å². The van der Waals surface area contributed by atoms with Crippen LogP contribution in [0.5, 0.6) is 11.5 Å². The van der Waals surface area contributed by atoms with Crippen LogP contribution in [-0.4, -0.2) is 19.3 Å². The molecule has 0 aliphatic carbocycles. The van der Waals surface area contributed by atoms with Crippen molar-refractivity contribution >= 4 is 0 Å². The lowest BCUT2D eigenvalue weighted by Gasteiger charge is -2.23. The number of hydrogen-bond acceptors (Lipinski definition) is 3. The third-order valence-corrected chi connectivity index (χ3v) is 3.40. The molecule has 0 spiro atoms. The van der Waals surface area contributed by atoms with Crippen molar-refractivity contribution in [1.82, 2.24) is 5.32 Å². The van der Waals surface area contributed by atoms with Crippen molar-refractivity contribution < 1.29 is 9.47 Å². The summed E-state index contributed by atoms with van der Waals surface area (Å²) < 4.78 is 11.2. The summed E-state index contributed by atoms with van der Waals surface area (Å²) in [5.41, 5.74) is 1.23. The number of benzene rings is 1. The number of fused-ring (bicyclic) bond motifs is 1. The predicted molar refractivity (Wildman–Crippen MR) is 77.9 cm³/mol. The molecule has 19 heavy (non-hydrogen) atoms. The largest absolute Gasteiger partial charge is 0.486 e. The van der Waals surface area contributed by atoms with Crippen LogP contribution in [0.25, 0.3) is 0 Å². The molecule has 0 radical (unpaired) electrons. The van der Waals surface area contributed by atoms with Gasteiger partial charge in [0.05, 0.1) is 0 Å². The van der Waals surface area contributed by atoms with Crippen LogP contribution in [0.15, 0.2) is 30.9 Å². The van der Waals surface area contributed by atoms with E-state index in [2.05, 4.69) is 37.9 Å². The van der Waals surface area contributed by atoms with E-state index in [1.54, 1.807) is 0 Å². The lowest BCUT2D eigenvalue weighted by Crippen LogP contribution is -2.28. The predicted octanol–water partition coefficient (Wildman–Crippen LogP) is 3.46. The van der Waals surface area contributed by atoms with Crippen molar-refractivity contribution in [3.05, 3.63) is 36.4 Å². The highest BCUT2D eigenvalue weighted by atomic mass is 16.6. The van der Waals surface area contributed by atoms with Crippen LogP contribution in [0.4, 0.5) is 0 Å². The second-order valence-electron chi connectivity index (χ2n) is 5.06. The molecule has 0 bridgehead atoms. The van der Waals surface area contributed by atoms with Crippen molar-refractivity contribution in [1.29, 1.82) is 0 Å².